The fourth-order valence-corrected chi connectivity index (χ4v) is 3.03. The summed E-state index contributed by atoms with van der Waals surface area (Å²) < 4.78 is 91.1. The van der Waals surface area contributed by atoms with Crippen molar-refractivity contribution in [3.8, 4) is 0 Å². The van der Waals surface area contributed by atoms with Gasteiger partial charge in [0.1, 0.15) is 29.4 Å². The van der Waals surface area contributed by atoms with Crippen LogP contribution in [0.1, 0.15) is 38.3 Å². The van der Waals surface area contributed by atoms with Gasteiger partial charge in [-0.2, -0.15) is 0 Å². The molecule has 0 radical (unpaired) electrons. The van der Waals surface area contributed by atoms with E-state index in [0.29, 0.717) is 24.3 Å². The van der Waals surface area contributed by atoms with Crippen molar-refractivity contribution >= 4 is 30.9 Å². The molecule has 17 heteroatoms. The van der Waals surface area contributed by atoms with Gasteiger partial charge in [0.15, 0.2) is 23.3 Å². The summed E-state index contributed by atoms with van der Waals surface area (Å²) in [5, 5.41) is 11.7. The normalized spacial score (nSPS) is 10.7. The zero-order chi connectivity index (χ0) is 35.1. The summed E-state index contributed by atoms with van der Waals surface area (Å²) in [6.07, 6.45) is -0.985. The SMILES string of the molecule is CC(C)(C)OC(N)=O.COC(=O)/C=C(/Cc1cc(F)c(F)cc1F)NB(C)O.COC(=O)CC(=O)Cc1cc(F)c(F)cc1F. The highest BCUT2D eigenvalue weighted by Crippen LogP contribution is 2.17. The topological polar surface area (TPSA) is 154 Å². The summed E-state index contributed by atoms with van der Waals surface area (Å²) in [7, 11) is 1.24. The fraction of sp³-hybridized carbons (Fsp3) is 0.357. The van der Waals surface area contributed by atoms with E-state index < -0.39 is 84.2 Å². The van der Waals surface area contributed by atoms with E-state index in [-0.39, 0.29) is 23.2 Å². The second-order valence-corrected chi connectivity index (χ2v) is 9.91. The number of nitrogens with two attached hydrogens (primary N) is 1. The van der Waals surface area contributed by atoms with Crippen LogP contribution in [0.5, 0.6) is 0 Å². The first-order valence-corrected chi connectivity index (χ1v) is 12.8. The lowest BCUT2D eigenvalue weighted by molar-refractivity contribution is -0.143. The van der Waals surface area contributed by atoms with Crippen molar-refractivity contribution in [2.75, 3.05) is 14.2 Å². The number of primary amides is 1. The maximum Gasteiger partial charge on any atom is 0.406 e. The quantitative estimate of drug-likeness (QED) is 0.0694. The molecule has 0 atom stereocenters. The van der Waals surface area contributed by atoms with Gasteiger partial charge < -0.3 is 30.2 Å². The minimum absolute atomic E-state index is 0.108. The zero-order valence-electron chi connectivity index (χ0n) is 25.2. The number of nitrogens with one attached hydrogen (secondary N) is 1. The van der Waals surface area contributed by atoms with Crippen LogP contribution in [0, 0.1) is 34.9 Å². The summed E-state index contributed by atoms with van der Waals surface area (Å²) in [5.41, 5.74) is 3.92. The molecule has 4 N–H and O–H groups in total. The number of carbonyl (C=O) groups excluding carboxylic acids is 4. The van der Waals surface area contributed by atoms with E-state index in [4.69, 9.17) is 5.73 Å². The molecule has 0 saturated carbocycles. The Bertz CT molecular complexity index is 1380. The Kier molecular flexibility index (Phi) is 17.1. The standard InChI is InChI=1S/C12H13BF3NO3.C11H9F3O3.C5H11NO2/c1-13(19)17-8(5-12(18)20-2)3-7-4-10(15)11(16)6-9(7)14;1-17-11(16)4-7(15)2-6-3-9(13)10(14)5-8(6)12;1-5(2,3)8-4(6)7/h4-6,17,19H,3H2,1-2H3;3,5H,2,4H2,1H3;1-3H3,(H2,6,7)/b8-5-;;. The number of allylic oxidation sites excluding steroid dienone is 1. The van der Waals surface area contributed by atoms with Gasteiger partial charge in [0.05, 0.1) is 14.2 Å². The number of methoxy groups -OCH3 is 2. The molecule has 45 heavy (non-hydrogen) atoms. The summed E-state index contributed by atoms with van der Waals surface area (Å²) >= 11 is 0. The van der Waals surface area contributed by atoms with Crippen LogP contribution in [-0.4, -0.2) is 55.7 Å². The third kappa shape index (κ3) is 17.4. The van der Waals surface area contributed by atoms with Crippen LogP contribution in [-0.2, 0) is 41.4 Å². The molecular weight excluding hydrogens is 617 g/mol. The van der Waals surface area contributed by atoms with Crippen LogP contribution in [0.15, 0.2) is 36.0 Å². The maximum absolute atomic E-state index is 13.5. The number of halogens is 6. The number of esters is 2. The average molecular weight is 650 g/mol. The molecule has 0 unspecified atom stereocenters. The van der Waals surface area contributed by atoms with Crippen LogP contribution in [0.25, 0.3) is 0 Å². The number of hydrogen-bond donors (Lipinski definition) is 3. The van der Waals surface area contributed by atoms with E-state index in [1.165, 1.54) is 6.82 Å². The van der Waals surface area contributed by atoms with E-state index in [9.17, 15) is 50.5 Å². The van der Waals surface area contributed by atoms with Crippen molar-refractivity contribution in [1.82, 2.24) is 5.23 Å². The average Bonchev–Trinajstić information content (AvgIpc) is 2.89. The number of hydrogen-bond acceptors (Lipinski definition) is 9. The number of amides is 1. The van der Waals surface area contributed by atoms with E-state index >= 15 is 0 Å². The Hall–Kier alpha value is -4.54. The summed E-state index contributed by atoms with van der Waals surface area (Å²) in [6.45, 7) is 6.67. The Balaban J connectivity index is 0.000000702. The van der Waals surface area contributed by atoms with Crippen molar-refractivity contribution in [2.45, 2.75) is 52.5 Å². The molecule has 248 valence electrons. The third-order valence-corrected chi connectivity index (χ3v) is 4.81. The van der Waals surface area contributed by atoms with Crippen LogP contribution in [0.2, 0.25) is 6.82 Å². The number of ether oxygens (including phenoxy) is 3. The van der Waals surface area contributed by atoms with Gasteiger partial charge in [0.25, 0.3) is 0 Å². The minimum atomic E-state index is -1.33. The first kappa shape index (κ1) is 40.5. The van der Waals surface area contributed by atoms with Gasteiger partial charge in [0.2, 0.25) is 0 Å². The molecule has 0 aliphatic carbocycles. The minimum Gasteiger partial charge on any atom is -0.469 e. The molecule has 0 aromatic heterocycles. The number of carbonyl (C=O) groups is 4. The van der Waals surface area contributed by atoms with Gasteiger partial charge in [-0.05, 0) is 50.9 Å². The van der Waals surface area contributed by atoms with Crippen LogP contribution in [0.4, 0.5) is 31.1 Å². The van der Waals surface area contributed by atoms with Crippen molar-refractivity contribution < 1.29 is 64.8 Å². The Morgan fingerprint density at radius 2 is 1.27 bits per heavy atom. The molecule has 0 bridgehead atoms. The highest BCUT2D eigenvalue weighted by atomic mass is 19.2. The Morgan fingerprint density at radius 3 is 1.62 bits per heavy atom. The summed E-state index contributed by atoms with van der Waals surface area (Å²) in [5.74, 6) is -9.17. The molecule has 10 nitrogen and oxygen atoms in total. The van der Waals surface area contributed by atoms with Crippen molar-refractivity contribution in [1.29, 1.82) is 0 Å². The molecule has 0 saturated heterocycles. The molecule has 2 aromatic rings. The first-order chi connectivity index (χ1) is 20.7. The monoisotopic (exact) mass is 650 g/mol. The smallest absolute Gasteiger partial charge is 0.406 e. The maximum atomic E-state index is 13.5. The van der Waals surface area contributed by atoms with E-state index in [1.54, 1.807) is 20.8 Å². The fourth-order valence-electron chi connectivity index (χ4n) is 3.03. The van der Waals surface area contributed by atoms with Gasteiger partial charge in [-0.3, -0.25) is 9.59 Å². The van der Waals surface area contributed by atoms with Crippen molar-refractivity contribution in [3.05, 3.63) is 82.1 Å². The molecule has 2 rings (SSSR count). The predicted octanol–water partition coefficient (Wildman–Crippen LogP) is 4.06. The summed E-state index contributed by atoms with van der Waals surface area (Å²) in [6, 6.07) is 2.07. The van der Waals surface area contributed by atoms with Crippen LogP contribution in [0.3, 0.4) is 0 Å². The second-order valence-electron chi connectivity index (χ2n) is 9.91. The molecule has 0 spiro atoms. The second kappa shape index (κ2) is 19.0. The van der Waals surface area contributed by atoms with Gasteiger partial charge in [-0.1, -0.05) is 0 Å². The molecule has 0 aliphatic heterocycles. The van der Waals surface area contributed by atoms with Gasteiger partial charge in [-0.25, -0.2) is 35.9 Å². The van der Waals surface area contributed by atoms with Gasteiger partial charge >= 0.3 is 25.1 Å². The highest BCUT2D eigenvalue weighted by molar-refractivity contribution is 6.46. The van der Waals surface area contributed by atoms with Crippen molar-refractivity contribution in [3.63, 3.8) is 0 Å². The lowest BCUT2D eigenvalue weighted by Gasteiger charge is -2.16. The molecular formula is C28H33BF6N2O8. The largest absolute Gasteiger partial charge is 0.469 e. The molecule has 0 fully saturated rings. The third-order valence-electron chi connectivity index (χ3n) is 4.81. The van der Waals surface area contributed by atoms with Crippen molar-refractivity contribution in [2.24, 2.45) is 5.73 Å². The number of ketones is 1. The summed E-state index contributed by atoms with van der Waals surface area (Å²) in [4.78, 5) is 43.2. The number of Topliss-reactive ketones (excluding diaryl/α,β-unsaturated/α-hetero) is 1. The predicted molar refractivity (Wildman–Crippen MR) is 149 cm³/mol. The van der Waals surface area contributed by atoms with Crippen LogP contribution < -0.4 is 11.0 Å². The molecule has 2 aromatic carbocycles. The van der Waals surface area contributed by atoms with Gasteiger partial charge in [-0.15, -0.1) is 0 Å². The first-order valence-electron chi connectivity index (χ1n) is 12.8. The molecule has 0 aliphatic rings. The zero-order valence-corrected chi connectivity index (χ0v) is 25.2. The van der Waals surface area contributed by atoms with E-state index in [1.807, 2.05) is 0 Å². The number of rotatable bonds is 9. The highest BCUT2D eigenvalue weighted by Gasteiger charge is 2.17. The lowest BCUT2D eigenvalue weighted by atomic mass is 9.87. The van der Waals surface area contributed by atoms with E-state index in [0.717, 1.165) is 20.3 Å². The van der Waals surface area contributed by atoms with Gasteiger partial charge in [0, 0.05) is 36.7 Å². The molecule has 0 heterocycles. The number of benzene rings is 2. The Morgan fingerprint density at radius 1 is 0.822 bits per heavy atom. The Labute approximate surface area is 255 Å². The van der Waals surface area contributed by atoms with E-state index in [2.05, 4.69) is 19.4 Å². The van der Waals surface area contributed by atoms with Crippen LogP contribution >= 0.6 is 0 Å². The molecule has 1 amide bonds. The lowest BCUT2D eigenvalue weighted by Crippen LogP contribution is -2.31.